The molecular weight excluding hydrogens is 496 g/mol. The van der Waals surface area contributed by atoms with Gasteiger partial charge in [-0.2, -0.15) is 0 Å². The van der Waals surface area contributed by atoms with Crippen LogP contribution in [0.2, 0.25) is 0 Å². The van der Waals surface area contributed by atoms with Gasteiger partial charge in [-0.3, -0.25) is 0 Å². The first-order valence-corrected chi connectivity index (χ1v) is 14.2. The molecule has 0 bridgehead atoms. The fourth-order valence-electron chi connectivity index (χ4n) is 6.53. The van der Waals surface area contributed by atoms with Gasteiger partial charge in [0.05, 0.1) is 11.2 Å². The van der Waals surface area contributed by atoms with Crippen molar-refractivity contribution in [3.8, 4) is 44.9 Å². The molecule has 0 N–H and O–H groups in total. The van der Waals surface area contributed by atoms with Crippen molar-refractivity contribution in [2.24, 2.45) is 0 Å². The van der Waals surface area contributed by atoms with Crippen LogP contribution in [0.4, 0.5) is 0 Å². The van der Waals surface area contributed by atoms with E-state index in [4.69, 9.17) is 9.97 Å². The Hall–Kier alpha value is -5.08. The molecule has 0 fully saturated rings. The number of aromatic nitrogens is 2. The van der Waals surface area contributed by atoms with E-state index < -0.39 is 0 Å². The van der Waals surface area contributed by atoms with Gasteiger partial charge >= 0.3 is 0 Å². The third kappa shape index (κ3) is 3.72. The van der Waals surface area contributed by atoms with E-state index in [9.17, 15) is 0 Å². The van der Waals surface area contributed by atoms with Crippen molar-refractivity contribution in [1.82, 2.24) is 9.97 Å². The highest BCUT2D eigenvalue weighted by molar-refractivity contribution is 6.04. The van der Waals surface area contributed by atoms with Crippen LogP contribution in [0.1, 0.15) is 25.0 Å². The summed E-state index contributed by atoms with van der Waals surface area (Å²) in [6.07, 6.45) is 0. The molecule has 8 rings (SSSR count). The molecule has 1 aliphatic rings. The average Bonchev–Trinajstić information content (AvgIpc) is 3.27. The Kier molecular flexibility index (Phi) is 5.20. The number of benzene rings is 6. The van der Waals surface area contributed by atoms with Crippen LogP contribution in [-0.4, -0.2) is 9.97 Å². The van der Waals surface area contributed by atoms with Crippen LogP contribution in [-0.2, 0) is 5.41 Å². The predicted molar refractivity (Wildman–Crippen MR) is 171 cm³/mol. The summed E-state index contributed by atoms with van der Waals surface area (Å²) >= 11 is 0. The van der Waals surface area contributed by atoms with Crippen molar-refractivity contribution in [1.29, 1.82) is 0 Å². The number of hydrogen-bond donors (Lipinski definition) is 0. The van der Waals surface area contributed by atoms with Crippen molar-refractivity contribution in [3.63, 3.8) is 0 Å². The number of para-hydroxylation sites is 1. The van der Waals surface area contributed by atoms with Crippen molar-refractivity contribution in [3.05, 3.63) is 145 Å². The second-order valence-electron chi connectivity index (χ2n) is 11.5. The summed E-state index contributed by atoms with van der Waals surface area (Å²) in [6, 6.07) is 47.6. The molecule has 0 unspecified atom stereocenters. The van der Waals surface area contributed by atoms with Gasteiger partial charge in [0.15, 0.2) is 5.82 Å². The van der Waals surface area contributed by atoms with Crippen LogP contribution < -0.4 is 0 Å². The van der Waals surface area contributed by atoms with Gasteiger partial charge in [0.25, 0.3) is 0 Å². The molecule has 2 nitrogen and oxygen atoms in total. The van der Waals surface area contributed by atoms with Crippen LogP contribution in [0.5, 0.6) is 0 Å². The van der Waals surface area contributed by atoms with Crippen molar-refractivity contribution in [2.45, 2.75) is 19.3 Å². The molecule has 194 valence electrons. The number of nitrogens with zero attached hydrogens (tertiary/aromatic N) is 2. The van der Waals surface area contributed by atoms with E-state index >= 15 is 0 Å². The van der Waals surface area contributed by atoms with Gasteiger partial charge < -0.3 is 0 Å². The summed E-state index contributed by atoms with van der Waals surface area (Å²) in [7, 11) is 0. The Morgan fingerprint density at radius 3 is 2.02 bits per heavy atom. The van der Waals surface area contributed by atoms with Gasteiger partial charge in [0, 0.05) is 21.9 Å². The largest absolute Gasteiger partial charge is 0.228 e. The fraction of sp³-hybridized carbons (Fsp3) is 0.0769. The molecule has 1 heterocycles. The van der Waals surface area contributed by atoms with E-state index in [0.29, 0.717) is 0 Å². The summed E-state index contributed by atoms with van der Waals surface area (Å²) < 4.78 is 0. The Morgan fingerprint density at radius 2 is 1.17 bits per heavy atom. The highest BCUT2D eigenvalue weighted by atomic mass is 14.9. The molecular formula is C39H28N2. The average molecular weight is 525 g/mol. The van der Waals surface area contributed by atoms with Gasteiger partial charge in [-0.1, -0.05) is 135 Å². The van der Waals surface area contributed by atoms with E-state index in [1.165, 1.54) is 44.2 Å². The molecule has 1 aromatic heterocycles. The standard InChI is InChI=1S/C39H28N2/c1-39(2)33-14-8-6-12-30(33)36-32-24-29(21-18-26(32)22-23-34(36)39)25-16-19-28(20-17-25)38-40-35-15-9-7-13-31(35)37(41-38)27-10-4-3-5-11-27/h3-24H,1-2H3. The zero-order chi connectivity index (χ0) is 27.6. The molecule has 0 saturated carbocycles. The Balaban J connectivity index is 1.23. The van der Waals surface area contributed by atoms with Gasteiger partial charge in [-0.25, -0.2) is 9.97 Å². The van der Waals surface area contributed by atoms with Gasteiger partial charge in [-0.15, -0.1) is 0 Å². The van der Waals surface area contributed by atoms with Gasteiger partial charge in [0.1, 0.15) is 0 Å². The zero-order valence-electron chi connectivity index (χ0n) is 23.1. The molecule has 0 amide bonds. The Bertz CT molecular complexity index is 2110. The number of hydrogen-bond acceptors (Lipinski definition) is 2. The van der Waals surface area contributed by atoms with E-state index in [0.717, 1.165) is 33.5 Å². The van der Waals surface area contributed by atoms with Gasteiger partial charge in [-0.05, 0) is 56.3 Å². The highest BCUT2D eigenvalue weighted by Gasteiger charge is 2.36. The summed E-state index contributed by atoms with van der Waals surface area (Å²) in [6.45, 7) is 4.67. The lowest BCUT2D eigenvalue weighted by Crippen LogP contribution is -2.14. The molecule has 2 heteroatoms. The monoisotopic (exact) mass is 524 g/mol. The Labute approximate surface area is 240 Å². The first kappa shape index (κ1) is 23.8. The molecule has 0 atom stereocenters. The summed E-state index contributed by atoms with van der Waals surface area (Å²) in [5.41, 5.74) is 11.9. The maximum Gasteiger partial charge on any atom is 0.160 e. The van der Waals surface area contributed by atoms with Crippen LogP contribution in [0, 0.1) is 0 Å². The zero-order valence-corrected chi connectivity index (χ0v) is 23.1. The first-order chi connectivity index (χ1) is 20.1. The van der Waals surface area contributed by atoms with E-state index in [-0.39, 0.29) is 5.41 Å². The van der Waals surface area contributed by atoms with Crippen LogP contribution in [0.25, 0.3) is 66.6 Å². The van der Waals surface area contributed by atoms with Gasteiger partial charge in [0.2, 0.25) is 0 Å². The van der Waals surface area contributed by atoms with Crippen molar-refractivity contribution >= 4 is 21.7 Å². The molecule has 0 spiro atoms. The smallest absolute Gasteiger partial charge is 0.160 e. The third-order valence-electron chi connectivity index (χ3n) is 8.69. The topological polar surface area (TPSA) is 25.8 Å². The van der Waals surface area contributed by atoms with Crippen molar-refractivity contribution in [2.75, 3.05) is 0 Å². The molecule has 7 aromatic rings. The minimum Gasteiger partial charge on any atom is -0.228 e. The Morgan fingerprint density at radius 1 is 0.488 bits per heavy atom. The molecule has 6 aromatic carbocycles. The van der Waals surface area contributed by atoms with Crippen LogP contribution in [0.3, 0.4) is 0 Å². The minimum absolute atomic E-state index is 0.00374. The van der Waals surface area contributed by atoms with Crippen molar-refractivity contribution < 1.29 is 0 Å². The molecule has 1 aliphatic carbocycles. The lowest BCUT2D eigenvalue weighted by Gasteiger charge is -2.21. The summed E-state index contributed by atoms with van der Waals surface area (Å²) in [5.74, 6) is 0.740. The lowest BCUT2D eigenvalue weighted by molar-refractivity contribution is 0.661. The maximum atomic E-state index is 5.05. The fourth-order valence-corrected chi connectivity index (χ4v) is 6.53. The van der Waals surface area contributed by atoms with E-state index in [1.54, 1.807) is 0 Å². The third-order valence-corrected chi connectivity index (χ3v) is 8.69. The molecule has 0 radical (unpaired) electrons. The lowest BCUT2D eigenvalue weighted by atomic mass is 9.82. The van der Waals surface area contributed by atoms with E-state index in [1.807, 2.05) is 18.2 Å². The first-order valence-electron chi connectivity index (χ1n) is 14.2. The number of fused-ring (bicyclic) bond motifs is 6. The van der Waals surface area contributed by atoms with E-state index in [2.05, 4.69) is 129 Å². The molecule has 0 aliphatic heterocycles. The normalized spacial score (nSPS) is 13.3. The summed E-state index contributed by atoms with van der Waals surface area (Å²) in [5, 5.41) is 3.65. The second kappa shape index (κ2) is 8.97. The predicted octanol–water partition coefficient (Wildman–Crippen LogP) is 10.1. The quantitative estimate of drug-likeness (QED) is 0.230. The summed E-state index contributed by atoms with van der Waals surface area (Å²) in [4.78, 5) is 9.99. The molecule has 0 saturated heterocycles. The SMILES string of the molecule is CC1(C)c2ccccc2-c2c1ccc1ccc(-c3ccc(-c4nc(-c5ccccc5)c5ccccc5n4)cc3)cc21. The van der Waals surface area contributed by atoms with Crippen LogP contribution >= 0.6 is 0 Å². The van der Waals surface area contributed by atoms with Crippen LogP contribution in [0.15, 0.2) is 133 Å². The highest BCUT2D eigenvalue weighted by Crippen LogP contribution is 2.51. The number of rotatable bonds is 3. The maximum absolute atomic E-state index is 5.05. The second-order valence-corrected chi connectivity index (χ2v) is 11.5. The molecule has 41 heavy (non-hydrogen) atoms. The minimum atomic E-state index is -0.00374.